The molecule has 0 aliphatic rings. The number of nitrogen functional groups attached to an aromatic ring is 1. The number of anilines is 3. The van der Waals surface area contributed by atoms with E-state index in [0.717, 1.165) is 16.7 Å². The number of hydrogen-bond donors (Lipinski definition) is 2. The fourth-order valence-electron chi connectivity index (χ4n) is 2.68. The molecule has 0 saturated carbocycles. The summed E-state index contributed by atoms with van der Waals surface area (Å²) in [5.74, 6) is 1.78. The first-order valence-electron chi connectivity index (χ1n) is 7.71. The molecular weight excluding hydrogens is 316 g/mol. The summed E-state index contributed by atoms with van der Waals surface area (Å²) in [5, 5.41) is 3.21. The van der Waals surface area contributed by atoms with Crippen LogP contribution in [-0.4, -0.2) is 26.6 Å². The smallest absolute Gasteiger partial charge is 0.167 e. The lowest BCUT2D eigenvalue weighted by molar-refractivity contribution is 0.417. The zero-order valence-electron chi connectivity index (χ0n) is 13.5. The van der Waals surface area contributed by atoms with Crippen molar-refractivity contribution in [3.63, 3.8) is 0 Å². The molecule has 0 unspecified atom stereocenters. The fourth-order valence-corrected chi connectivity index (χ4v) is 2.68. The van der Waals surface area contributed by atoms with Crippen molar-refractivity contribution >= 4 is 28.2 Å². The molecule has 2 aromatic carbocycles. The van der Waals surface area contributed by atoms with Crippen LogP contribution in [0.3, 0.4) is 0 Å². The first-order chi connectivity index (χ1) is 12.3. The SMILES string of the molecule is COc1ccccc1Nc1ncnc(-n2cnc3ccccc32)c1N. The Labute approximate surface area is 144 Å². The number of nitrogens with two attached hydrogens (primary N) is 1. The number of ether oxygens (including phenoxy) is 1. The van der Waals surface area contributed by atoms with E-state index >= 15 is 0 Å². The average Bonchev–Trinajstić information content (AvgIpc) is 3.08. The number of imidazole rings is 1. The molecule has 124 valence electrons. The molecule has 0 aliphatic heterocycles. The minimum absolute atomic E-state index is 0.427. The highest BCUT2D eigenvalue weighted by Gasteiger charge is 2.14. The molecule has 0 aliphatic carbocycles. The second-order valence-corrected chi connectivity index (χ2v) is 5.39. The monoisotopic (exact) mass is 332 g/mol. The van der Waals surface area contributed by atoms with Gasteiger partial charge in [-0.2, -0.15) is 0 Å². The van der Waals surface area contributed by atoms with Gasteiger partial charge in [-0.05, 0) is 24.3 Å². The summed E-state index contributed by atoms with van der Waals surface area (Å²) in [5.41, 5.74) is 9.33. The van der Waals surface area contributed by atoms with Crippen LogP contribution in [0.2, 0.25) is 0 Å². The van der Waals surface area contributed by atoms with Gasteiger partial charge in [0.1, 0.15) is 24.1 Å². The zero-order chi connectivity index (χ0) is 17.2. The van der Waals surface area contributed by atoms with Gasteiger partial charge in [-0.3, -0.25) is 4.57 Å². The van der Waals surface area contributed by atoms with Crippen molar-refractivity contribution in [3.05, 3.63) is 61.2 Å². The van der Waals surface area contributed by atoms with Gasteiger partial charge in [0, 0.05) is 0 Å². The van der Waals surface area contributed by atoms with Gasteiger partial charge in [0.05, 0.1) is 23.8 Å². The van der Waals surface area contributed by atoms with Gasteiger partial charge in [0.2, 0.25) is 0 Å². The second-order valence-electron chi connectivity index (χ2n) is 5.39. The molecule has 0 atom stereocenters. The van der Waals surface area contributed by atoms with Crippen LogP contribution in [-0.2, 0) is 0 Å². The average molecular weight is 332 g/mol. The van der Waals surface area contributed by atoms with E-state index in [1.807, 2.05) is 53.1 Å². The van der Waals surface area contributed by atoms with Crippen molar-refractivity contribution in [1.29, 1.82) is 0 Å². The molecule has 3 N–H and O–H groups in total. The standard InChI is InChI=1S/C18H16N6O/c1-25-15-9-5-3-7-13(15)23-17-16(19)18(21-10-20-17)24-11-22-12-6-2-4-8-14(12)24/h2-11H,19H2,1H3,(H,20,21,23). The minimum Gasteiger partial charge on any atom is -0.495 e. The van der Waals surface area contributed by atoms with Crippen LogP contribution in [0.4, 0.5) is 17.2 Å². The van der Waals surface area contributed by atoms with Gasteiger partial charge >= 0.3 is 0 Å². The number of nitrogens with zero attached hydrogens (tertiary/aromatic N) is 4. The number of hydrogen-bond acceptors (Lipinski definition) is 6. The predicted molar refractivity (Wildman–Crippen MR) is 97.3 cm³/mol. The maximum atomic E-state index is 6.33. The lowest BCUT2D eigenvalue weighted by atomic mass is 10.3. The first-order valence-corrected chi connectivity index (χ1v) is 7.71. The summed E-state index contributed by atoms with van der Waals surface area (Å²) < 4.78 is 7.20. The third-order valence-corrected chi connectivity index (χ3v) is 3.90. The Morgan fingerprint density at radius 3 is 2.68 bits per heavy atom. The first kappa shape index (κ1) is 14.9. The Hall–Kier alpha value is -3.61. The number of aromatic nitrogens is 4. The minimum atomic E-state index is 0.427. The van der Waals surface area contributed by atoms with Crippen molar-refractivity contribution in [2.24, 2.45) is 0 Å². The van der Waals surface area contributed by atoms with Crippen molar-refractivity contribution in [2.75, 3.05) is 18.2 Å². The van der Waals surface area contributed by atoms with E-state index in [1.165, 1.54) is 6.33 Å². The normalized spacial score (nSPS) is 10.8. The van der Waals surface area contributed by atoms with Crippen LogP contribution in [0, 0.1) is 0 Å². The van der Waals surface area contributed by atoms with Crippen LogP contribution in [0.1, 0.15) is 0 Å². The third kappa shape index (κ3) is 2.61. The zero-order valence-corrected chi connectivity index (χ0v) is 13.5. The molecule has 4 rings (SSSR count). The summed E-state index contributed by atoms with van der Waals surface area (Å²) in [7, 11) is 1.62. The van der Waals surface area contributed by atoms with Crippen LogP contribution in [0.25, 0.3) is 16.9 Å². The van der Waals surface area contributed by atoms with Gasteiger partial charge in [-0.1, -0.05) is 24.3 Å². The summed E-state index contributed by atoms with van der Waals surface area (Å²) in [6.07, 6.45) is 3.18. The van der Waals surface area contributed by atoms with Crippen molar-refractivity contribution in [2.45, 2.75) is 0 Å². The molecule has 0 bridgehead atoms. The van der Waals surface area contributed by atoms with Gasteiger partial charge in [0.15, 0.2) is 11.6 Å². The Kier molecular flexibility index (Phi) is 3.66. The van der Waals surface area contributed by atoms with Gasteiger partial charge < -0.3 is 15.8 Å². The largest absolute Gasteiger partial charge is 0.495 e. The van der Waals surface area contributed by atoms with Crippen molar-refractivity contribution in [3.8, 4) is 11.6 Å². The number of nitrogens with one attached hydrogen (secondary N) is 1. The van der Waals surface area contributed by atoms with E-state index in [0.29, 0.717) is 23.1 Å². The third-order valence-electron chi connectivity index (χ3n) is 3.90. The molecule has 2 aromatic heterocycles. The molecule has 4 aromatic rings. The van der Waals surface area contributed by atoms with Crippen molar-refractivity contribution < 1.29 is 4.74 Å². The predicted octanol–water partition coefficient (Wildman–Crippen LogP) is 3.15. The van der Waals surface area contributed by atoms with Crippen LogP contribution in [0.5, 0.6) is 5.75 Å². The lowest BCUT2D eigenvalue weighted by Crippen LogP contribution is -2.07. The highest BCUT2D eigenvalue weighted by atomic mass is 16.5. The Morgan fingerprint density at radius 1 is 1.00 bits per heavy atom. The van der Waals surface area contributed by atoms with E-state index in [-0.39, 0.29) is 0 Å². The Morgan fingerprint density at radius 2 is 1.80 bits per heavy atom. The van der Waals surface area contributed by atoms with Gasteiger partial charge in [0.25, 0.3) is 0 Å². The van der Waals surface area contributed by atoms with E-state index in [9.17, 15) is 0 Å². The molecule has 0 saturated heterocycles. The molecule has 7 nitrogen and oxygen atoms in total. The molecular formula is C18H16N6O. The molecule has 7 heteroatoms. The molecule has 25 heavy (non-hydrogen) atoms. The van der Waals surface area contributed by atoms with E-state index in [2.05, 4.69) is 20.3 Å². The molecule has 0 fully saturated rings. The highest BCUT2D eigenvalue weighted by Crippen LogP contribution is 2.31. The Bertz CT molecular complexity index is 1040. The number of methoxy groups -OCH3 is 1. The van der Waals surface area contributed by atoms with Crippen LogP contribution < -0.4 is 15.8 Å². The quantitative estimate of drug-likeness (QED) is 0.596. The fraction of sp³-hybridized carbons (Fsp3) is 0.0556. The van der Waals surface area contributed by atoms with Gasteiger partial charge in [-0.15, -0.1) is 0 Å². The summed E-state index contributed by atoms with van der Waals surface area (Å²) in [6.45, 7) is 0. The van der Waals surface area contributed by atoms with E-state index in [4.69, 9.17) is 10.5 Å². The maximum Gasteiger partial charge on any atom is 0.167 e. The lowest BCUT2D eigenvalue weighted by Gasteiger charge is -2.14. The number of rotatable bonds is 4. The Balaban J connectivity index is 1.78. The molecule has 0 amide bonds. The number of benzene rings is 2. The van der Waals surface area contributed by atoms with Gasteiger partial charge in [-0.25, -0.2) is 15.0 Å². The second kappa shape index (κ2) is 6.12. The summed E-state index contributed by atoms with van der Waals surface area (Å²) >= 11 is 0. The summed E-state index contributed by atoms with van der Waals surface area (Å²) in [4.78, 5) is 13.0. The van der Waals surface area contributed by atoms with E-state index < -0.39 is 0 Å². The van der Waals surface area contributed by atoms with Crippen LogP contribution >= 0.6 is 0 Å². The molecule has 0 radical (unpaired) electrons. The van der Waals surface area contributed by atoms with E-state index in [1.54, 1.807) is 13.4 Å². The van der Waals surface area contributed by atoms with Crippen LogP contribution in [0.15, 0.2) is 61.2 Å². The topological polar surface area (TPSA) is 90.9 Å². The highest BCUT2D eigenvalue weighted by molar-refractivity contribution is 5.81. The maximum absolute atomic E-state index is 6.33. The summed E-state index contributed by atoms with van der Waals surface area (Å²) in [6, 6.07) is 15.4. The number of para-hydroxylation sites is 4. The van der Waals surface area contributed by atoms with Crippen molar-refractivity contribution in [1.82, 2.24) is 19.5 Å². The molecule has 2 heterocycles. The molecule has 0 spiro atoms. The number of fused-ring (bicyclic) bond motifs is 1.